The molecule has 0 saturated carbocycles. The molecule has 0 atom stereocenters. The maximum atomic E-state index is 13.3. The van der Waals surface area contributed by atoms with Crippen molar-refractivity contribution in [2.75, 3.05) is 11.7 Å². The van der Waals surface area contributed by atoms with Gasteiger partial charge in [0.1, 0.15) is 11.5 Å². The maximum absolute atomic E-state index is 13.3. The van der Waals surface area contributed by atoms with E-state index in [1.807, 2.05) is 61.5 Å². The molecule has 30 heavy (non-hydrogen) atoms. The molecule has 0 fully saturated rings. The Hall–Kier alpha value is -3.57. The summed E-state index contributed by atoms with van der Waals surface area (Å²) in [6.07, 6.45) is 1.76. The van der Waals surface area contributed by atoms with Crippen LogP contribution in [0.4, 0.5) is 5.69 Å². The number of fused-ring (bicyclic) bond motifs is 1. The topological polar surface area (TPSA) is 51.1 Å². The Morgan fingerprint density at radius 2 is 1.70 bits per heavy atom. The minimum absolute atomic E-state index is 0.193. The van der Waals surface area contributed by atoms with Crippen LogP contribution in [0, 0.1) is 6.92 Å². The molecule has 0 spiro atoms. The number of hydrogen-bond donors (Lipinski definition) is 0. The monoisotopic (exact) mass is 416 g/mol. The number of ether oxygens (including phenoxy) is 2. The summed E-state index contributed by atoms with van der Waals surface area (Å²) in [7, 11) is 0. The van der Waals surface area contributed by atoms with Gasteiger partial charge in [-0.05, 0) is 67.1 Å². The van der Waals surface area contributed by atoms with E-state index in [4.69, 9.17) is 21.1 Å². The molecule has 3 aromatic rings. The molecule has 5 nitrogen and oxygen atoms in total. The fourth-order valence-corrected chi connectivity index (χ4v) is 3.53. The van der Waals surface area contributed by atoms with E-state index in [1.54, 1.807) is 23.1 Å². The lowest BCUT2D eigenvalue weighted by Crippen LogP contribution is -2.32. The summed E-state index contributed by atoms with van der Waals surface area (Å²) in [5.74, 6) is 1.72. The highest BCUT2D eigenvalue weighted by Gasteiger charge is 2.32. The molecule has 148 valence electrons. The van der Waals surface area contributed by atoms with Gasteiger partial charge in [-0.1, -0.05) is 35.4 Å². The summed E-state index contributed by atoms with van der Waals surface area (Å²) in [6.45, 7) is 2.21. The van der Waals surface area contributed by atoms with Crippen molar-refractivity contribution in [3.8, 4) is 11.5 Å². The number of hydrogen-bond acceptors (Lipinski definition) is 4. The number of benzene rings is 3. The number of aliphatic imine (C=N–C) groups is 1. The van der Waals surface area contributed by atoms with Crippen LogP contribution in [0.1, 0.15) is 16.7 Å². The minimum atomic E-state index is -0.193. The molecule has 0 radical (unpaired) electrons. The van der Waals surface area contributed by atoms with E-state index in [1.165, 1.54) is 0 Å². The van der Waals surface area contributed by atoms with Crippen LogP contribution < -0.4 is 14.4 Å². The highest BCUT2D eigenvalue weighted by atomic mass is 35.5. The van der Waals surface area contributed by atoms with Crippen LogP contribution in [-0.2, 0) is 4.79 Å². The summed E-state index contributed by atoms with van der Waals surface area (Å²) in [6, 6.07) is 20.6. The highest BCUT2D eigenvalue weighted by molar-refractivity contribution is 6.34. The fraction of sp³-hybridized carbons (Fsp3) is 0.0833. The van der Waals surface area contributed by atoms with Crippen molar-refractivity contribution in [2.45, 2.75) is 6.92 Å². The first-order chi connectivity index (χ1) is 14.6. The summed E-state index contributed by atoms with van der Waals surface area (Å²) in [5, 5.41) is 0.627. The van der Waals surface area contributed by atoms with Crippen molar-refractivity contribution < 1.29 is 14.3 Å². The van der Waals surface area contributed by atoms with E-state index in [0.717, 1.165) is 22.4 Å². The zero-order chi connectivity index (χ0) is 20.7. The number of amidine groups is 1. The maximum Gasteiger partial charge on any atom is 0.282 e. The summed E-state index contributed by atoms with van der Waals surface area (Å²) < 4.78 is 10.8. The van der Waals surface area contributed by atoms with Gasteiger partial charge >= 0.3 is 0 Å². The van der Waals surface area contributed by atoms with Crippen molar-refractivity contribution in [3.05, 3.63) is 94.1 Å². The molecule has 6 heteroatoms. The molecule has 0 unspecified atom stereocenters. The van der Waals surface area contributed by atoms with Gasteiger partial charge in [-0.3, -0.25) is 9.69 Å². The SMILES string of the molecule is Cc1ccc(N2C(=O)/C(=C\c3ccc4c(c3)OCO4)N=C2c2ccc(Cl)cc2)cc1. The van der Waals surface area contributed by atoms with Gasteiger partial charge in [0.2, 0.25) is 6.79 Å². The zero-order valence-corrected chi connectivity index (χ0v) is 16.9. The molecule has 2 aliphatic heterocycles. The molecule has 2 heterocycles. The molecule has 5 rings (SSSR count). The predicted molar refractivity (Wildman–Crippen MR) is 117 cm³/mol. The number of amides is 1. The average molecular weight is 417 g/mol. The van der Waals surface area contributed by atoms with Gasteiger partial charge < -0.3 is 9.47 Å². The second kappa shape index (κ2) is 7.35. The van der Waals surface area contributed by atoms with Crippen molar-refractivity contribution in [1.29, 1.82) is 0 Å². The van der Waals surface area contributed by atoms with Crippen LogP contribution in [0.5, 0.6) is 11.5 Å². The van der Waals surface area contributed by atoms with Crippen LogP contribution in [0.3, 0.4) is 0 Å². The van der Waals surface area contributed by atoms with Crippen LogP contribution in [0.25, 0.3) is 6.08 Å². The van der Waals surface area contributed by atoms with Gasteiger partial charge in [-0.25, -0.2) is 4.99 Å². The Kier molecular flexibility index (Phi) is 4.52. The minimum Gasteiger partial charge on any atom is -0.454 e. The van der Waals surface area contributed by atoms with E-state index < -0.39 is 0 Å². The van der Waals surface area contributed by atoms with Gasteiger partial charge in [-0.2, -0.15) is 0 Å². The van der Waals surface area contributed by atoms with Gasteiger partial charge in [-0.15, -0.1) is 0 Å². The number of nitrogens with zero attached hydrogens (tertiary/aromatic N) is 2. The number of rotatable bonds is 3. The van der Waals surface area contributed by atoms with Crippen molar-refractivity contribution >= 4 is 35.1 Å². The standard InChI is InChI=1S/C24H17ClN2O3/c1-15-2-9-19(10-3-15)27-23(17-5-7-18(25)8-6-17)26-20(24(27)28)12-16-4-11-21-22(13-16)30-14-29-21/h2-13H,14H2,1H3/b20-12+. The third-order valence-corrected chi connectivity index (χ3v) is 5.21. The molecule has 0 bridgehead atoms. The van der Waals surface area contributed by atoms with Crippen LogP contribution in [-0.4, -0.2) is 18.5 Å². The molecule has 0 saturated heterocycles. The number of aryl methyl sites for hydroxylation is 1. The molecule has 3 aromatic carbocycles. The largest absolute Gasteiger partial charge is 0.454 e. The smallest absolute Gasteiger partial charge is 0.282 e. The Morgan fingerprint density at radius 1 is 0.967 bits per heavy atom. The molecular formula is C24H17ClN2O3. The fourth-order valence-electron chi connectivity index (χ4n) is 3.40. The third-order valence-electron chi connectivity index (χ3n) is 4.95. The second-order valence-corrected chi connectivity index (χ2v) is 7.50. The lowest BCUT2D eigenvalue weighted by Gasteiger charge is -2.18. The average Bonchev–Trinajstić information content (AvgIpc) is 3.34. The first-order valence-electron chi connectivity index (χ1n) is 9.45. The van der Waals surface area contributed by atoms with Gasteiger partial charge in [0.15, 0.2) is 11.5 Å². The van der Waals surface area contributed by atoms with E-state index in [-0.39, 0.29) is 12.7 Å². The van der Waals surface area contributed by atoms with Crippen LogP contribution in [0.15, 0.2) is 77.4 Å². The molecule has 0 aromatic heterocycles. The summed E-state index contributed by atoms with van der Waals surface area (Å²) >= 11 is 6.05. The zero-order valence-electron chi connectivity index (χ0n) is 16.1. The van der Waals surface area contributed by atoms with Gasteiger partial charge in [0.05, 0.1) is 5.69 Å². The molecular weight excluding hydrogens is 400 g/mol. The third kappa shape index (κ3) is 3.33. The van der Waals surface area contributed by atoms with Crippen molar-refractivity contribution in [2.24, 2.45) is 4.99 Å². The van der Waals surface area contributed by atoms with E-state index in [0.29, 0.717) is 28.1 Å². The van der Waals surface area contributed by atoms with E-state index >= 15 is 0 Å². The molecule has 2 aliphatic rings. The lowest BCUT2D eigenvalue weighted by molar-refractivity contribution is -0.113. The summed E-state index contributed by atoms with van der Waals surface area (Å²) in [5.41, 5.74) is 3.84. The lowest BCUT2D eigenvalue weighted by atomic mass is 10.1. The van der Waals surface area contributed by atoms with E-state index in [2.05, 4.69) is 4.99 Å². The van der Waals surface area contributed by atoms with Crippen LogP contribution in [0.2, 0.25) is 5.02 Å². The molecule has 0 N–H and O–H groups in total. The summed E-state index contributed by atoms with van der Waals surface area (Å²) in [4.78, 5) is 19.6. The quantitative estimate of drug-likeness (QED) is 0.550. The Labute approximate surface area is 178 Å². The molecule has 0 aliphatic carbocycles. The second-order valence-electron chi connectivity index (χ2n) is 7.06. The first kappa shape index (κ1) is 18.5. The first-order valence-corrected chi connectivity index (χ1v) is 9.83. The van der Waals surface area contributed by atoms with Crippen LogP contribution >= 0.6 is 11.6 Å². The van der Waals surface area contributed by atoms with Crippen molar-refractivity contribution in [1.82, 2.24) is 0 Å². The molecule has 1 amide bonds. The highest BCUT2D eigenvalue weighted by Crippen LogP contribution is 2.34. The van der Waals surface area contributed by atoms with Gasteiger partial charge in [0.25, 0.3) is 5.91 Å². The van der Waals surface area contributed by atoms with Gasteiger partial charge in [0, 0.05) is 10.6 Å². The Morgan fingerprint density at radius 3 is 2.47 bits per heavy atom. The normalized spacial score (nSPS) is 16.3. The number of carbonyl (C=O) groups is 1. The predicted octanol–water partition coefficient (Wildman–Crippen LogP) is 5.21. The Balaban J connectivity index is 1.59. The van der Waals surface area contributed by atoms with E-state index in [9.17, 15) is 4.79 Å². The Bertz CT molecular complexity index is 1200. The number of anilines is 1. The number of halogens is 1. The van der Waals surface area contributed by atoms with Crippen molar-refractivity contribution in [3.63, 3.8) is 0 Å². The number of carbonyl (C=O) groups excluding carboxylic acids is 1.